The second-order valence-electron chi connectivity index (χ2n) is 3.15. The van der Waals surface area contributed by atoms with Crippen LogP contribution >= 0.6 is 11.8 Å². The topological polar surface area (TPSA) is 35.2 Å². The average molecular weight is 289 g/mol. The summed E-state index contributed by atoms with van der Waals surface area (Å²) in [5, 5.41) is 0. The van der Waals surface area contributed by atoms with Crippen LogP contribution in [0.25, 0.3) is 0 Å². The molecule has 0 aliphatic carbocycles. The number of thioether (sulfide) groups is 1. The zero-order chi connectivity index (χ0) is 12.2. The zero-order valence-corrected chi connectivity index (χ0v) is 13.7. The largest absolute Gasteiger partial charge is 1.00 e. The minimum atomic E-state index is -4.80. The second-order valence-corrected chi connectivity index (χ2v) is 4.22. The molecule has 0 heterocycles. The van der Waals surface area contributed by atoms with Crippen molar-refractivity contribution in [1.29, 1.82) is 0 Å². The molecule has 1 aromatic carbocycles. The van der Waals surface area contributed by atoms with Gasteiger partial charge in [-0.25, -0.2) is 0 Å². The van der Waals surface area contributed by atoms with Gasteiger partial charge in [0.2, 0.25) is 0 Å². The van der Waals surface area contributed by atoms with Crippen molar-refractivity contribution < 1.29 is 69.1 Å². The van der Waals surface area contributed by atoms with E-state index >= 15 is 0 Å². The summed E-state index contributed by atoms with van der Waals surface area (Å²) >= 11 is 0.692. The second kappa shape index (κ2) is 7.96. The Morgan fingerprint density at radius 1 is 1.35 bits per heavy atom. The van der Waals surface area contributed by atoms with Crippen LogP contribution in [0.5, 0.6) is 5.75 Å². The third-order valence-electron chi connectivity index (χ3n) is 1.72. The van der Waals surface area contributed by atoms with Gasteiger partial charge in [0.15, 0.2) is 0 Å². The van der Waals surface area contributed by atoms with Gasteiger partial charge in [-0.05, 0) is 30.8 Å². The van der Waals surface area contributed by atoms with E-state index in [4.69, 9.17) is 10.5 Å². The van der Waals surface area contributed by atoms with Gasteiger partial charge in [-0.1, -0.05) is 0 Å². The summed E-state index contributed by atoms with van der Waals surface area (Å²) < 4.78 is 41.5. The molecule has 0 bridgehead atoms. The van der Waals surface area contributed by atoms with Gasteiger partial charge in [0.05, 0.1) is 6.61 Å². The zero-order valence-electron chi connectivity index (χ0n) is 9.75. The molecule has 2 N–H and O–H groups in total. The summed E-state index contributed by atoms with van der Waals surface area (Å²) in [4.78, 5) is 0.408. The Morgan fingerprint density at radius 2 is 2.00 bits per heavy atom. The minimum Gasteiger partial charge on any atom is -0.494 e. The van der Waals surface area contributed by atoms with E-state index in [-0.39, 0.29) is 51.4 Å². The number of anilines is 1. The van der Waals surface area contributed by atoms with E-state index < -0.39 is 12.6 Å². The molecule has 0 saturated carbocycles. The maximum absolute atomic E-state index is 12.1. The summed E-state index contributed by atoms with van der Waals surface area (Å²) in [6, 6.07) is 4.73. The first-order valence-electron chi connectivity index (χ1n) is 4.78. The smallest absolute Gasteiger partial charge is 0.494 e. The Balaban J connectivity index is 0.00000256. The molecule has 0 aliphatic heterocycles. The molecule has 0 radical (unpaired) electrons. The van der Waals surface area contributed by atoms with Crippen molar-refractivity contribution in [2.75, 3.05) is 18.0 Å². The molecular formula is C9H12BF3KNOS. The molecule has 2 nitrogen and oxygen atoms in total. The molecule has 0 saturated heterocycles. The number of hydrogen-bond donors (Lipinski definition) is 1. The molecule has 17 heavy (non-hydrogen) atoms. The van der Waals surface area contributed by atoms with Crippen molar-refractivity contribution >= 4 is 24.4 Å². The molecule has 0 unspecified atom stereocenters. The van der Waals surface area contributed by atoms with Crippen molar-refractivity contribution in [1.82, 2.24) is 0 Å². The van der Waals surface area contributed by atoms with Crippen LogP contribution in [-0.2, 0) is 0 Å². The first-order chi connectivity index (χ1) is 7.42. The van der Waals surface area contributed by atoms with Crippen molar-refractivity contribution in [2.45, 2.75) is 11.8 Å². The summed E-state index contributed by atoms with van der Waals surface area (Å²) in [6.45, 7) is -2.52. The van der Waals surface area contributed by atoms with Gasteiger partial charge in [0.1, 0.15) is 5.75 Å². The van der Waals surface area contributed by atoms with Crippen LogP contribution in [0.4, 0.5) is 18.6 Å². The fraction of sp³-hybridized carbons (Fsp3) is 0.333. The maximum atomic E-state index is 12.1. The molecular weight excluding hydrogens is 277 g/mol. The Kier molecular flexibility index (Phi) is 8.27. The van der Waals surface area contributed by atoms with Gasteiger partial charge in [0.25, 0.3) is 0 Å². The average Bonchev–Trinajstić information content (AvgIpc) is 2.18. The molecule has 0 aromatic heterocycles. The van der Waals surface area contributed by atoms with Gasteiger partial charge < -0.3 is 23.4 Å². The molecule has 0 amide bonds. The van der Waals surface area contributed by atoms with Crippen LogP contribution in [0.1, 0.15) is 6.92 Å². The molecule has 1 rings (SSSR count). The van der Waals surface area contributed by atoms with Gasteiger partial charge in [0, 0.05) is 10.6 Å². The summed E-state index contributed by atoms with van der Waals surface area (Å²) in [7, 11) is 0. The number of benzene rings is 1. The minimum absolute atomic E-state index is 0. The number of rotatable bonds is 5. The summed E-state index contributed by atoms with van der Waals surface area (Å²) in [5.74, 6) is 0.536. The number of halogens is 3. The van der Waals surface area contributed by atoms with E-state index in [1.54, 1.807) is 12.1 Å². The standard InChI is InChI=1S/C9H12BF3NOS.K/c1-2-15-7-3-4-8(14)9(5-7)16-6-10(11,12)13;/h3-5H,2,6,14H2,1H3;/q-1;+1. The predicted octanol–water partition coefficient (Wildman–Crippen LogP) is 0.150. The molecule has 0 fully saturated rings. The Bertz CT molecular complexity index is 365. The van der Waals surface area contributed by atoms with Gasteiger partial charge in [-0.15, -0.1) is 0 Å². The third kappa shape index (κ3) is 6.97. The molecule has 90 valence electrons. The van der Waals surface area contributed by atoms with E-state index in [9.17, 15) is 12.9 Å². The first kappa shape index (κ1) is 17.7. The quantitative estimate of drug-likeness (QED) is 0.476. The van der Waals surface area contributed by atoms with E-state index in [0.717, 1.165) is 0 Å². The molecule has 0 atom stereocenters. The Hall–Kier alpha value is 0.661. The van der Waals surface area contributed by atoms with Crippen LogP contribution in [0.3, 0.4) is 0 Å². The van der Waals surface area contributed by atoms with Crippen molar-refractivity contribution in [3.63, 3.8) is 0 Å². The van der Waals surface area contributed by atoms with Crippen LogP contribution < -0.4 is 61.9 Å². The fourth-order valence-corrected chi connectivity index (χ4v) is 1.88. The van der Waals surface area contributed by atoms with Crippen molar-refractivity contribution in [3.05, 3.63) is 18.2 Å². The molecule has 1 aromatic rings. The molecule has 0 spiro atoms. The predicted molar refractivity (Wildman–Crippen MR) is 61.8 cm³/mol. The summed E-state index contributed by atoms with van der Waals surface area (Å²) in [6.07, 6.45) is 0. The first-order valence-corrected chi connectivity index (χ1v) is 5.77. The SMILES string of the molecule is CCOc1ccc(N)c(SC[B-](F)(F)F)c1.[K+]. The monoisotopic (exact) mass is 289 g/mol. The van der Waals surface area contributed by atoms with E-state index in [2.05, 4.69) is 0 Å². The van der Waals surface area contributed by atoms with E-state index in [1.165, 1.54) is 6.07 Å². The van der Waals surface area contributed by atoms with Crippen LogP contribution in [0.2, 0.25) is 0 Å². The van der Waals surface area contributed by atoms with Crippen LogP contribution in [0.15, 0.2) is 23.1 Å². The van der Waals surface area contributed by atoms with Crippen LogP contribution in [0, 0.1) is 0 Å². The number of nitrogen functional groups attached to an aromatic ring is 1. The Labute approximate surface area is 145 Å². The van der Waals surface area contributed by atoms with Crippen LogP contribution in [-0.4, -0.2) is 19.2 Å². The van der Waals surface area contributed by atoms with Gasteiger partial charge in [-0.2, -0.15) is 11.8 Å². The fourth-order valence-electron chi connectivity index (χ4n) is 1.08. The molecule has 8 heteroatoms. The number of nitrogens with two attached hydrogens (primary N) is 1. The Morgan fingerprint density at radius 3 is 2.53 bits per heavy atom. The number of ether oxygens (including phenoxy) is 1. The summed E-state index contributed by atoms with van der Waals surface area (Å²) in [5.41, 5.74) is 5.03. The normalized spacial score (nSPS) is 10.8. The third-order valence-corrected chi connectivity index (χ3v) is 2.93. The van der Waals surface area contributed by atoms with E-state index in [1.807, 2.05) is 6.92 Å². The van der Waals surface area contributed by atoms with Crippen molar-refractivity contribution in [3.8, 4) is 5.75 Å². The number of hydrogen-bond acceptors (Lipinski definition) is 3. The molecule has 0 aliphatic rings. The van der Waals surface area contributed by atoms with Gasteiger partial charge in [-0.3, -0.25) is 0 Å². The van der Waals surface area contributed by atoms with Gasteiger partial charge >= 0.3 is 58.4 Å². The van der Waals surface area contributed by atoms with E-state index in [0.29, 0.717) is 34.7 Å². The maximum Gasteiger partial charge on any atom is 1.00 e. The van der Waals surface area contributed by atoms with Crippen molar-refractivity contribution in [2.24, 2.45) is 0 Å².